The van der Waals surface area contributed by atoms with Crippen molar-refractivity contribution >= 4 is 17.8 Å². The first-order chi connectivity index (χ1) is 9.58. The Balaban J connectivity index is 2.22. The van der Waals surface area contributed by atoms with Crippen molar-refractivity contribution in [2.24, 2.45) is 5.92 Å². The van der Waals surface area contributed by atoms with E-state index in [2.05, 4.69) is 15.4 Å². The zero-order valence-electron chi connectivity index (χ0n) is 11.7. The Hall–Kier alpha value is -1.63. The highest BCUT2D eigenvalue weighted by Gasteiger charge is 2.23. The van der Waals surface area contributed by atoms with Gasteiger partial charge in [0.05, 0.1) is 13.7 Å². The van der Waals surface area contributed by atoms with E-state index in [1.165, 1.54) is 7.11 Å². The van der Waals surface area contributed by atoms with Crippen LogP contribution in [0, 0.1) is 5.92 Å². The number of methoxy groups -OCH3 is 1. The molecule has 0 radical (unpaired) electrons. The van der Waals surface area contributed by atoms with E-state index in [1.54, 1.807) is 0 Å². The van der Waals surface area contributed by atoms with E-state index in [9.17, 15) is 14.4 Å². The molecular formula is C13H22N2O5. The van der Waals surface area contributed by atoms with Crippen molar-refractivity contribution in [1.29, 1.82) is 0 Å². The second kappa shape index (κ2) is 8.52. The lowest BCUT2D eigenvalue weighted by Gasteiger charge is -2.14. The first kappa shape index (κ1) is 16.4. The molecule has 20 heavy (non-hydrogen) atoms. The fourth-order valence-corrected chi connectivity index (χ4v) is 2.22. The van der Waals surface area contributed by atoms with Gasteiger partial charge < -0.3 is 20.5 Å². The Morgan fingerprint density at radius 2 is 1.95 bits per heavy atom. The van der Waals surface area contributed by atoms with Crippen molar-refractivity contribution in [1.82, 2.24) is 10.6 Å². The molecule has 0 aromatic carbocycles. The Bertz CT molecular complexity index is 353. The number of rotatable bonds is 7. The van der Waals surface area contributed by atoms with E-state index in [4.69, 9.17) is 5.11 Å². The molecule has 114 valence electrons. The number of ether oxygens (including phenoxy) is 1. The highest BCUT2D eigenvalue weighted by molar-refractivity contribution is 5.85. The summed E-state index contributed by atoms with van der Waals surface area (Å²) in [5.41, 5.74) is 0. The zero-order chi connectivity index (χ0) is 15.0. The van der Waals surface area contributed by atoms with Crippen LogP contribution >= 0.6 is 0 Å². The molecule has 0 aromatic heterocycles. The molecule has 1 atom stereocenters. The maximum absolute atomic E-state index is 11.7. The average Bonchev–Trinajstić information content (AvgIpc) is 2.98. The van der Waals surface area contributed by atoms with Crippen molar-refractivity contribution in [3.8, 4) is 0 Å². The first-order valence-corrected chi connectivity index (χ1v) is 6.84. The number of carbonyl (C=O) groups is 3. The third kappa shape index (κ3) is 5.16. The number of hydrogen-bond acceptors (Lipinski definition) is 5. The number of carbonyl (C=O) groups excluding carboxylic acids is 3. The topological polar surface area (TPSA) is 105 Å². The Morgan fingerprint density at radius 1 is 1.30 bits per heavy atom. The molecule has 0 saturated heterocycles. The lowest BCUT2D eigenvalue weighted by Crippen LogP contribution is -2.45. The van der Waals surface area contributed by atoms with Gasteiger partial charge in [0.2, 0.25) is 11.8 Å². The van der Waals surface area contributed by atoms with Crippen molar-refractivity contribution in [3.05, 3.63) is 0 Å². The first-order valence-electron chi connectivity index (χ1n) is 6.84. The van der Waals surface area contributed by atoms with Gasteiger partial charge in [-0.05, 0) is 12.8 Å². The molecule has 1 aliphatic carbocycles. The second-order valence-corrected chi connectivity index (χ2v) is 4.85. The maximum atomic E-state index is 11.7. The van der Waals surface area contributed by atoms with Crippen LogP contribution in [-0.4, -0.2) is 49.2 Å². The van der Waals surface area contributed by atoms with Gasteiger partial charge in [0.15, 0.2) is 6.04 Å². The fourth-order valence-electron chi connectivity index (χ4n) is 2.22. The van der Waals surface area contributed by atoms with Gasteiger partial charge in [-0.1, -0.05) is 12.8 Å². The van der Waals surface area contributed by atoms with E-state index >= 15 is 0 Å². The molecule has 0 aliphatic heterocycles. The van der Waals surface area contributed by atoms with Crippen molar-refractivity contribution in [2.45, 2.75) is 38.1 Å². The molecular weight excluding hydrogens is 264 g/mol. The molecule has 1 unspecified atom stereocenters. The summed E-state index contributed by atoms with van der Waals surface area (Å²) in [6.07, 6.45) is 4.04. The van der Waals surface area contributed by atoms with Crippen LogP contribution in [0.5, 0.6) is 0 Å². The van der Waals surface area contributed by atoms with E-state index in [1.807, 2.05) is 0 Å². The SMILES string of the molecule is COC(=O)C(CO)NC(=O)CCNC(=O)C1CCCC1. The van der Waals surface area contributed by atoms with Crippen LogP contribution in [0.25, 0.3) is 0 Å². The minimum absolute atomic E-state index is 0.0121. The number of hydrogen-bond donors (Lipinski definition) is 3. The summed E-state index contributed by atoms with van der Waals surface area (Å²) in [5, 5.41) is 14.0. The Kier molecular flexibility index (Phi) is 7.00. The number of aliphatic hydroxyl groups is 1. The average molecular weight is 286 g/mol. The second-order valence-electron chi connectivity index (χ2n) is 4.85. The monoisotopic (exact) mass is 286 g/mol. The molecule has 1 aliphatic rings. The van der Waals surface area contributed by atoms with Crippen LogP contribution in [0.4, 0.5) is 0 Å². The van der Waals surface area contributed by atoms with E-state index in [-0.39, 0.29) is 24.8 Å². The summed E-state index contributed by atoms with van der Waals surface area (Å²) in [7, 11) is 1.18. The molecule has 3 N–H and O–H groups in total. The minimum atomic E-state index is -1.06. The molecule has 7 nitrogen and oxygen atoms in total. The van der Waals surface area contributed by atoms with E-state index in [0.29, 0.717) is 0 Å². The van der Waals surface area contributed by atoms with Gasteiger partial charge in [-0.15, -0.1) is 0 Å². The predicted molar refractivity (Wildman–Crippen MR) is 70.6 cm³/mol. The number of amides is 2. The molecule has 0 spiro atoms. The predicted octanol–water partition coefficient (Wildman–Crippen LogP) is -0.667. The zero-order valence-corrected chi connectivity index (χ0v) is 11.7. The van der Waals surface area contributed by atoms with E-state index in [0.717, 1.165) is 25.7 Å². The van der Waals surface area contributed by atoms with Crippen LogP contribution in [0.3, 0.4) is 0 Å². The highest BCUT2D eigenvalue weighted by atomic mass is 16.5. The van der Waals surface area contributed by atoms with Gasteiger partial charge >= 0.3 is 5.97 Å². The van der Waals surface area contributed by atoms with Gasteiger partial charge in [0.25, 0.3) is 0 Å². The molecule has 2 amide bonds. The summed E-state index contributed by atoms with van der Waals surface area (Å²) in [4.78, 5) is 34.4. The third-order valence-corrected chi connectivity index (χ3v) is 3.38. The Labute approximate surface area is 118 Å². The fraction of sp³-hybridized carbons (Fsp3) is 0.769. The van der Waals surface area contributed by atoms with Gasteiger partial charge in [-0.2, -0.15) is 0 Å². The number of aliphatic hydroxyl groups excluding tert-OH is 1. The van der Waals surface area contributed by atoms with Crippen LogP contribution in [-0.2, 0) is 19.1 Å². The largest absolute Gasteiger partial charge is 0.467 e. The van der Waals surface area contributed by atoms with Gasteiger partial charge in [-0.25, -0.2) is 4.79 Å². The van der Waals surface area contributed by atoms with Gasteiger partial charge in [-0.3, -0.25) is 9.59 Å². The summed E-state index contributed by atoms with van der Waals surface area (Å²) < 4.78 is 4.43. The van der Waals surface area contributed by atoms with Crippen LogP contribution < -0.4 is 10.6 Å². The van der Waals surface area contributed by atoms with Crippen molar-refractivity contribution in [2.75, 3.05) is 20.3 Å². The molecule has 0 heterocycles. The highest BCUT2D eigenvalue weighted by Crippen LogP contribution is 2.24. The van der Waals surface area contributed by atoms with Gasteiger partial charge in [0, 0.05) is 18.9 Å². The molecule has 7 heteroatoms. The minimum Gasteiger partial charge on any atom is -0.467 e. The van der Waals surface area contributed by atoms with Crippen LogP contribution in [0.1, 0.15) is 32.1 Å². The Morgan fingerprint density at radius 3 is 2.50 bits per heavy atom. The lowest BCUT2D eigenvalue weighted by atomic mass is 10.1. The lowest BCUT2D eigenvalue weighted by molar-refractivity contribution is -0.146. The van der Waals surface area contributed by atoms with Crippen LogP contribution in [0.2, 0.25) is 0 Å². The normalized spacial score (nSPS) is 16.5. The summed E-state index contributed by atoms with van der Waals surface area (Å²) >= 11 is 0. The maximum Gasteiger partial charge on any atom is 0.330 e. The standard InChI is InChI=1S/C13H22N2O5/c1-20-13(19)10(8-16)15-11(17)6-7-14-12(18)9-4-2-3-5-9/h9-10,16H,2-8H2,1H3,(H,14,18)(H,15,17). The summed E-state index contributed by atoms with van der Waals surface area (Å²) in [5.74, 6) is -1.06. The third-order valence-electron chi connectivity index (χ3n) is 3.38. The summed E-state index contributed by atoms with van der Waals surface area (Å²) in [6, 6.07) is -1.06. The van der Waals surface area contributed by atoms with Crippen LogP contribution in [0.15, 0.2) is 0 Å². The molecule has 1 saturated carbocycles. The molecule has 1 rings (SSSR count). The molecule has 1 fully saturated rings. The smallest absolute Gasteiger partial charge is 0.330 e. The number of esters is 1. The van der Waals surface area contributed by atoms with Crippen molar-refractivity contribution in [3.63, 3.8) is 0 Å². The number of nitrogens with one attached hydrogen (secondary N) is 2. The van der Waals surface area contributed by atoms with Gasteiger partial charge in [0.1, 0.15) is 0 Å². The molecule has 0 aromatic rings. The molecule has 0 bridgehead atoms. The van der Waals surface area contributed by atoms with E-state index < -0.39 is 24.5 Å². The summed E-state index contributed by atoms with van der Waals surface area (Å²) in [6.45, 7) is -0.298. The van der Waals surface area contributed by atoms with Crippen molar-refractivity contribution < 1.29 is 24.2 Å². The quantitative estimate of drug-likeness (QED) is 0.539.